The zero-order chi connectivity index (χ0) is 13.2. The van der Waals surface area contributed by atoms with Gasteiger partial charge in [0.05, 0.1) is 18.6 Å². The second-order valence-corrected chi connectivity index (χ2v) is 5.17. The molecule has 0 amide bonds. The van der Waals surface area contributed by atoms with Crippen LogP contribution in [0.5, 0.6) is 0 Å². The highest BCUT2D eigenvalue weighted by Crippen LogP contribution is 2.34. The van der Waals surface area contributed by atoms with E-state index < -0.39 is 0 Å². The van der Waals surface area contributed by atoms with Crippen molar-refractivity contribution in [3.05, 3.63) is 24.3 Å². The van der Waals surface area contributed by atoms with Gasteiger partial charge in [0.25, 0.3) is 0 Å². The lowest BCUT2D eigenvalue weighted by atomic mass is 10.2. The van der Waals surface area contributed by atoms with E-state index in [1.54, 1.807) is 6.20 Å². The van der Waals surface area contributed by atoms with Crippen LogP contribution in [0.2, 0.25) is 0 Å². The van der Waals surface area contributed by atoms with Gasteiger partial charge < -0.3 is 5.32 Å². The maximum Gasteiger partial charge on any atom is 0.165 e. The first kappa shape index (κ1) is 12.3. The van der Waals surface area contributed by atoms with Crippen LogP contribution in [0.1, 0.15) is 44.6 Å². The minimum absolute atomic E-state index is 0.292. The maximum absolute atomic E-state index is 4.27. The third-order valence-electron chi connectivity index (χ3n) is 3.70. The summed E-state index contributed by atoms with van der Waals surface area (Å²) in [5, 5.41) is 19.6. The summed E-state index contributed by atoms with van der Waals surface area (Å²) >= 11 is 0. The summed E-state index contributed by atoms with van der Waals surface area (Å²) in [6.45, 7) is 4.99. The van der Waals surface area contributed by atoms with E-state index in [1.165, 1.54) is 12.8 Å². The smallest absolute Gasteiger partial charge is 0.165 e. The minimum Gasteiger partial charge on any atom is -0.305 e. The second kappa shape index (κ2) is 5.08. The van der Waals surface area contributed by atoms with Crippen molar-refractivity contribution in [2.45, 2.75) is 51.4 Å². The van der Waals surface area contributed by atoms with Crippen LogP contribution in [0.25, 0.3) is 0 Å². The van der Waals surface area contributed by atoms with E-state index in [9.17, 15) is 0 Å². The number of nitrogens with zero attached hydrogens (tertiary/aromatic N) is 6. The van der Waals surface area contributed by atoms with Gasteiger partial charge in [-0.15, -0.1) is 5.10 Å². The Morgan fingerprint density at radius 3 is 2.95 bits per heavy atom. The lowest BCUT2D eigenvalue weighted by Gasteiger charge is -2.21. The first-order chi connectivity index (χ1) is 9.25. The molecule has 19 heavy (non-hydrogen) atoms. The Hall–Kier alpha value is -1.76. The molecule has 1 aliphatic carbocycles. The fraction of sp³-hybridized carbons (Fsp3) is 0.667. The molecule has 3 rings (SSSR count). The van der Waals surface area contributed by atoms with Gasteiger partial charge >= 0.3 is 0 Å². The van der Waals surface area contributed by atoms with Crippen molar-refractivity contribution >= 4 is 0 Å². The number of aromatic nitrogens is 6. The average molecular weight is 261 g/mol. The van der Waals surface area contributed by atoms with Crippen molar-refractivity contribution in [2.75, 3.05) is 0 Å². The molecular weight excluding hydrogens is 242 g/mol. The first-order valence-corrected chi connectivity index (χ1v) is 6.75. The summed E-state index contributed by atoms with van der Waals surface area (Å²) < 4.78 is 3.90. The van der Waals surface area contributed by atoms with E-state index in [1.807, 2.05) is 21.6 Å². The predicted molar refractivity (Wildman–Crippen MR) is 69.3 cm³/mol. The Kier molecular flexibility index (Phi) is 3.29. The topological polar surface area (TPSA) is 73.5 Å². The zero-order valence-corrected chi connectivity index (χ0v) is 11.3. The summed E-state index contributed by atoms with van der Waals surface area (Å²) in [7, 11) is 0. The van der Waals surface area contributed by atoms with Crippen molar-refractivity contribution < 1.29 is 0 Å². The first-order valence-electron chi connectivity index (χ1n) is 6.75. The van der Waals surface area contributed by atoms with Gasteiger partial charge in [-0.2, -0.15) is 5.10 Å². The molecule has 0 aliphatic heterocycles. The van der Waals surface area contributed by atoms with E-state index >= 15 is 0 Å². The Morgan fingerprint density at radius 1 is 1.42 bits per heavy atom. The quantitative estimate of drug-likeness (QED) is 0.838. The highest BCUT2D eigenvalue weighted by atomic mass is 15.6. The molecule has 7 nitrogen and oxygen atoms in total. The van der Waals surface area contributed by atoms with Gasteiger partial charge in [-0.1, -0.05) is 0 Å². The van der Waals surface area contributed by atoms with Crippen LogP contribution < -0.4 is 5.32 Å². The summed E-state index contributed by atoms with van der Waals surface area (Å²) in [5.74, 6) is 0.919. The number of hydrogen-bond donors (Lipinski definition) is 1. The van der Waals surface area contributed by atoms with Crippen molar-refractivity contribution in [3.63, 3.8) is 0 Å². The fourth-order valence-corrected chi connectivity index (χ4v) is 2.10. The van der Waals surface area contributed by atoms with Crippen LogP contribution in [0.4, 0.5) is 0 Å². The maximum atomic E-state index is 4.27. The zero-order valence-electron chi connectivity index (χ0n) is 11.3. The molecule has 0 aromatic carbocycles. The van der Waals surface area contributed by atoms with E-state index in [0.717, 1.165) is 5.82 Å². The molecule has 0 bridgehead atoms. The third kappa shape index (κ3) is 2.65. The second-order valence-electron chi connectivity index (χ2n) is 5.17. The number of nitrogens with one attached hydrogen (secondary N) is 1. The Labute approximate surface area is 112 Å². The molecule has 0 unspecified atom stereocenters. The lowest BCUT2D eigenvalue weighted by molar-refractivity contribution is 0.359. The Balaban J connectivity index is 1.58. The van der Waals surface area contributed by atoms with Crippen LogP contribution >= 0.6 is 0 Å². The molecule has 1 N–H and O–H groups in total. The molecule has 2 heterocycles. The molecule has 0 spiro atoms. The van der Waals surface area contributed by atoms with E-state index in [2.05, 4.69) is 39.8 Å². The molecule has 1 aliphatic rings. The highest BCUT2D eigenvalue weighted by molar-refractivity contribution is 4.91. The number of rotatable bonds is 6. The molecule has 2 atom stereocenters. The molecule has 1 saturated carbocycles. The third-order valence-corrected chi connectivity index (χ3v) is 3.70. The van der Waals surface area contributed by atoms with Gasteiger partial charge in [0, 0.05) is 18.4 Å². The van der Waals surface area contributed by atoms with Crippen molar-refractivity contribution in [1.82, 2.24) is 35.3 Å². The van der Waals surface area contributed by atoms with Crippen molar-refractivity contribution in [3.8, 4) is 0 Å². The van der Waals surface area contributed by atoms with Gasteiger partial charge in [-0.25, -0.2) is 4.68 Å². The van der Waals surface area contributed by atoms with Crippen molar-refractivity contribution in [1.29, 1.82) is 0 Å². The van der Waals surface area contributed by atoms with Crippen molar-refractivity contribution in [2.24, 2.45) is 0 Å². The van der Waals surface area contributed by atoms with E-state index in [-0.39, 0.29) is 0 Å². The van der Waals surface area contributed by atoms with Crippen LogP contribution in [-0.2, 0) is 6.54 Å². The average Bonchev–Trinajstić information content (AvgIpc) is 2.95. The Bertz CT molecular complexity index is 514. The Morgan fingerprint density at radius 2 is 2.26 bits per heavy atom. The molecule has 0 radical (unpaired) electrons. The monoisotopic (exact) mass is 261 g/mol. The number of tetrazole rings is 1. The SMILES string of the molecule is C[C@H]([C@@H](C)NCc1nnnn1C1CC1)n1cccn1. The van der Waals surface area contributed by atoms with Crippen LogP contribution in [-0.4, -0.2) is 36.0 Å². The van der Waals surface area contributed by atoms with Crippen LogP contribution in [0.15, 0.2) is 18.5 Å². The van der Waals surface area contributed by atoms with Gasteiger partial charge in [0.2, 0.25) is 0 Å². The summed E-state index contributed by atoms with van der Waals surface area (Å²) in [6, 6.07) is 3.05. The minimum atomic E-state index is 0.292. The molecule has 7 heteroatoms. The fourth-order valence-electron chi connectivity index (χ4n) is 2.10. The largest absolute Gasteiger partial charge is 0.305 e. The van der Waals surface area contributed by atoms with Gasteiger partial charge in [0.1, 0.15) is 0 Å². The lowest BCUT2D eigenvalue weighted by Crippen LogP contribution is -2.34. The van der Waals surface area contributed by atoms with Crippen LogP contribution in [0, 0.1) is 0 Å². The van der Waals surface area contributed by atoms with E-state index in [0.29, 0.717) is 24.7 Å². The van der Waals surface area contributed by atoms with Gasteiger partial charge in [0.15, 0.2) is 5.82 Å². The highest BCUT2D eigenvalue weighted by Gasteiger charge is 2.27. The summed E-state index contributed by atoms with van der Waals surface area (Å²) in [4.78, 5) is 0. The van der Waals surface area contributed by atoms with Crippen LogP contribution in [0.3, 0.4) is 0 Å². The van der Waals surface area contributed by atoms with Gasteiger partial charge in [-0.3, -0.25) is 4.68 Å². The molecule has 1 fully saturated rings. The molecule has 0 saturated heterocycles. The summed E-state index contributed by atoms with van der Waals surface area (Å²) in [6.07, 6.45) is 6.17. The molecule has 2 aromatic heterocycles. The van der Waals surface area contributed by atoms with Gasteiger partial charge in [-0.05, 0) is 43.2 Å². The summed E-state index contributed by atoms with van der Waals surface area (Å²) in [5.41, 5.74) is 0. The molecule has 2 aromatic rings. The van der Waals surface area contributed by atoms with E-state index in [4.69, 9.17) is 0 Å². The molecule has 102 valence electrons. The number of hydrogen-bond acceptors (Lipinski definition) is 5. The predicted octanol–water partition coefficient (Wildman–Crippen LogP) is 0.944. The normalized spacial score (nSPS) is 18.4. The standard InChI is InChI=1S/C12H19N7/c1-9(10(2)18-7-3-6-14-18)13-8-12-15-16-17-19(12)11-4-5-11/h3,6-7,9-11,13H,4-5,8H2,1-2H3/t9-,10-/m1/s1. The molecular formula is C12H19N7.